The molecule has 3 aliphatic rings. The summed E-state index contributed by atoms with van der Waals surface area (Å²) in [6.07, 6.45) is 8.14. The zero-order valence-corrected chi connectivity index (χ0v) is 26.1. The topological polar surface area (TPSA) is 59.3 Å². The van der Waals surface area contributed by atoms with Crippen LogP contribution in [0.1, 0.15) is 64.0 Å². The Morgan fingerprint density at radius 1 is 1.23 bits per heavy atom. The average molecular weight is 575 g/mol. The van der Waals surface area contributed by atoms with Crippen molar-refractivity contribution >= 4 is 54.5 Å². The van der Waals surface area contributed by atoms with Crippen LogP contribution in [-0.4, -0.2) is 42.6 Å². The van der Waals surface area contributed by atoms with Gasteiger partial charge in [0.1, 0.15) is 23.6 Å². The number of thiocarbonyl (C=S) groups is 1. The van der Waals surface area contributed by atoms with Crippen molar-refractivity contribution in [3.63, 3.8) is 0 Å². The van der Waals surface area contributed by atoms with Crippen LogP contribution in [0, 0.1) is 13.5 Å². The van der Waals surface area contributed by atoms with E-state index in [-0.39, 0.29) is 17.0 Å². The van der Waals surface area contributed by atoms with Crippen molar-refractivity contribution in [2.75, 3.05) is 16.4 Å². The van der Waals surface area contributed by atoms with E-state index in [2.05, 4.69) is 61.9 Å². The van der Waals surface area contributed by atoms with Crippen LogP contribution < -0.4 is 9.80 Å². The molecule has 1 unspecified atom stereocenters. The molecule has 40 heavy (non-hydrogen) atoms. The molecule has 2 aliphatic heterocycles. The minimum Gasteiger partial charge on any atom is -0.488 e. The van der Waals surface area contributed by atoms with Crippen LogP contribution >= 0.6 is 12.2 Å². The number of amides is 1. The standard InChI is InChI=1S/C31H38N4O3SSi/c1-21-18-24(19-33-27(21)32-5)34-28(36)31(16-9-17-31)35(29(34)39)23-14-12-22(13-15-23)26-11-8-10-25(38-26)20-37-40(6,7)30(2,3)4/h11-15,18-19,25H,8-10,16-17,20H2,1-4,6-7H3. The number of hydrogen-bond acceptors (Lipinski definition) is 5. The highest BCUT2D eigenvalue weighted by Crippen LogP contribution is 2.48. The Kier molecular flexibility index (Phi) is 7.40. The molecule has 9 heteroatoms. The molecule has 2 aromatic rings. The van der Waals surface area contributed by atoms with Gasteiger partial charge in [0.2, 0.25) is 0 Å². The van der Waals surface area contributed by atoms with Gasteiger partial charge in [0.05, 0.1) is 12.3 Å². The normalized spacial score (nSPS) is 20.7. The Labute approximate surface area is 244 Å². The highest BCUT2D eigenvalue weighted by Gasteiger charge is 2.59. The lowest BCUT2D eigenvalue weighted by molar-refractivity contribution is -0.123. The molecule has 7 nitrogen and oxygen atoms in total. The largest absolute Gasteiger partial charge is 0.488 e. The fourth-order valence-electron chi connectivity index (χ4n) is 5.28. The molecule has 1 saturated heterocycles. The van der Waals surface area contributed by atoms with Gasteiger partial charge in [-0.25, -0.2) is 0 Å². The number of benzene rings is 1. The van der Waals surface area contributed by atoms with Gasteiger partial charge in [-0.1, -0.05) is 27.3 Å². The predicted octanol–water partition coefficient (Wildman–Crippen LogP) is 7.54. The lowest BCUT2D eigenvalue weighted by atomic mass is 9.75. The molecular formula is C31H38N4O3SSi. The van der Waals surface area contributed by atoms with E-state index in [1.165, 1.54) is 0 Å². The molecule has 1 aromatic heterocycles. The number of anilines is 2. The summed E-state index contributed by atoms with van der Waals surface area (Å²) >= 11 is 5.91. The zero-order valence-electron chi connectivity index (χ0n) is 24.3. The van der Waals surface area contributed by atoms with Gasteiger partial charge in [-0.15, -0.1) is 4.98 Å². The summed E-state index contributed by atoms with van der Waals surface area (Å²) in [5.41, 5.74) is 2.56. The van der Waals surface area contributed by atoms with Crippen molar-refractivity contribution in [3.05, 3.63) is 65.1 Å². The Morgan fingerprint density at radius 2 is 1.93 bits per heavy atom. The summed E-state index contributed by atoms with van der Waals surface area (Å²) in [6, 6.07) is 9.99. The molecule has 1 atom stereocenters. The van der Waals surface area contributed by atoms with Gasteiger partial charge >= 0.3 is 0 Å². The number of carbonyl (C=O) groups excluding carboxylic acids is 1. The summed E-state index contributed by atoms with van der Waals surface area (Å²) in [5, 5.41) is 0.614. The van der Waals surface area contributed by atoms with E-state index < -0.39 is 13.9 Å². The van der Waals surface area contributed by atoms with Crippen LogP contribution in [-0.2, 0) is 14.0 Å². The molecule has 210 valence electrons. The predicted molar refractivity (Wildman–Crippen MR) is 166 cm³/mol. The lowest BCUT2D eigenvalue weighted by Crippen LogP contribution is -2.55. The Bertz CT molecular complexity index is 1400. The summed E-state index contributed by atoms with van der Waals surface area (Å²) in [6.45, 7) is 21.0. The number of carbonyl (C=O) groups is 1. The summed E-state index contributed by atoms with van der Waals surface area (Å²) in [5.74, 6) is 1.19. The second-order valence-corrected chi connectivity index (χ2v) is 17.8. The number of allylic oxidation sites excluding steroid dienone is 1. The van der Waals surface area contributed by atoms with Crippen molar-refractivity contribution in [1.29, 1.82) is 0 Å². The summed E-state index contributed by atoms with van der Waals surface area (Å²) < 4.78 is 12.8. The quantitative estimate of drug-likeness (QED) is 0.202. The molecule has 0 radical (unpaired) electrons. The first kappa shape index (κ1) is 28.5. The maximum atomic E-state index is 13.8. The first-order valence-corrected chi connectivity index (χ1v) is 17.3. The minimum absolute atomic E-state index is 0.0208. The molecule has 1 aromatic carbocycles. The first-order chi connectivity index (χ1) is 18.9. The Morgan fingerprint density at radius 3 is 2.50 bits per heavy atom. The van der Waals surface area contributed by atoms with E-state index in [1.807, 2.05) is 30.0 Å². The van der Waals surface area contributed by atoms with Crippen LogP contribution in [0.3, 0.4) is 0 Å². The van der Waals surface area contributed by atoms with E-state index in [0.29, 0.717) is 23.2 Å². The monoisotopic (exact) mass is 574 g/mol. The lowest BCUT2D eigenvalue weighted by Gasteiger charge is -2.43. The van der Waals surface area contributed by atoms with Crippen LogP contribution in [0.5, 0.6) is 0 Å². The number of aryl methyl sites for hydroxylation is 1. The van der Waals surface area contributed by atoms with Gasteiger partial charge < -0.3 is 18.9 Å². The Balaban J connectivity index is 1.34. The second-order valence-electron chi connectivity index (χ2n) is 12.6. The number of rotatable bonds is 6. The average Bonchev–Trinajstić information content (AvgIpc) is 3.13. The van der Waals surface area contributed by atoms with Crippen molar-refractivity contribution in [2.45, 2.75) is 89.6 Å². The number of nitrogens with zero attached hydrogens (tertiary/aromatic N) is 4. The smallest absolute Gasteiger partial charge is 0.272 e. The SMILES string of the molecule is [C-]#[N+]c1ncc(N2C(=O)C3(CCC3)N(c3ccc(C4=CCCC(CO[Si](C)(C)C(C)(C)C)O4)cc3)C2=S)cc1C. The number of hydrogen-bond donors (Lipinski definition) is 0. The minimum atomic E-state index is -1.84. The van der Waals surface area contributed by atoms with Gasteiger partial charge in [-0.05, 0) is 111 Å². The van der Waals surface area contributed by atoms with Crippen molar-refractivity contribution < 1.29 is 14.0 Å². The number of ether oxygens (including phenoxy) is 1. The molecule has 1 spiro atoms. The molecule has 5 rings (SSSR count). The molecule has 0 bridgehead atoms. The van der Waals surface area contributed by atoms with Crippen molar-refractivity contribution in [2.24, 2.45) is 0 Å². The van der Waals surface area contributed by atoms with Crippen molar-refractivity contribution in [1.82, 2.24) is 4.98 Å². The molecular weight excluding hydrogens is 537 g/mol. The molecule has 2 fully saturated rings. The van der Waals surface area contributed by atoms with Crippen molar-refractivity contribution in [3.8, 4) is 0 Å². The van der Waals surface area contributed by atoms with E-state index in [4.69, 9.17) is 28.0 Å². The van der Waals surface area contributed by atoms with Crippen LogP contribution in [0.4, 0.5) is 17.2 Å². The van der Waals surface area contributed by atoms with E-state index in [1.54, 1.807) is 11.1 Å². The van der Waals surface area contributed by atoms with Crippen LogP contribution in [0.2, 0.25) is 18.1 Å². The Hall–Kier alpha value is -3.06. The molecule has 1 amide bonds. The molecule has 1 aliphatic carbocycles. The van der Waals surface area contributed by atoms with E-state index >= 15 is 0 Å². The van der Waals surface area contributed by atoms with E-state index in [9.17, 15) is 4.79 Å². The highest BCUT2D eigenvalue weighted by molar-refractivity contribution is 7.81. The van der Waals surface area contributed by atoms with Gasteiger partial charge in [0, 0.05) is 11.3 Å². The molecule has 0 N–H and O–H groups in total. The number of pyridine rings is 1. The van der Waals surface area contributed by atoms with Gasteiger partial charge in [-0.2, -0.15) is 0 Å². The molecule has 3 heterocycles. The van der Waals surface area contributed by atoms with Gasteiger partial charge in [-0.3, -0.25) is 9.69 Å². The third kappa shape index (κ3) is 4.87. The summed E-state index contributed by atoms with van der Waals surface area (Å²) in [4.78, 5) is 25.1. The zero-order chi connectivity index (χ0) is 28.9. The third-order valence-corrected chi connectivity index (χ3v) is 13.8. The van der Waals surface area contributed by atoms with Gasteiger partial charge in [0.25, 0.3) is 11.7 Å². The van der Waals surface area contributed by atoms with Gasteiger partial charge in [0.15, 0.2) is 13.4 Å². The number of aromatic nitrogens is 1. The summed E-state index contributed by atoms with van der Waals surface area (Å²) in [7, 11) is -1.84. The maximum absolute atomic E-state index is 13.8. The van der Waals surface area contributed by atoms with Crippen LogP contribution in [0.15, 0.2) is 42.6 Å². The fraction of sp³-hybridized carbons (Fsp3) is 0.484. The maximum Gasteiger partial charge on any atom is 0.272 e. The first-order valence-electron chi connectivity index (χ1n) is 14.0. The highest BCUT2D eigenvalue weighted by atomic mass is 32.1. The third-order valence-electron chi connectivity index (χ3n) is 8.95. The second kappa shape index (κ2) is 10.4. The van der Waals surface area contributed by atoms with E-state index in [0.717, 1.165) is 54.7 Å². The van der Waals surface area contributed by atoms with Crippen LogP contribution in [0.25, 0.3) is 10.6 Å². The molecule has 1 saturated carbocycles. The fourth-order valence-corrected chi connectivity index (χ4v) is 6.79.